The van der Waals surface area contributed by atoms with Crippen LogP contribution in [-0.2, 0) is 4.79 Å². The molecule has 0 aliphatic heterocycles. The van der Waals surface area contributed by atoms with E-state index >= 15 is 0 Å². The maximum atomic E-state index is 11.6. The van der Waals surface area contributed by atoms with Gasteiger partial charge in [-0.05, 0) is 38.2 Å². The first-order valence-corrected chi connectivity index (χ1v) is 5.55. The second-order valence-electron chi connectivity index (χ2n) is 3.79. The summed E-state index contributed by atoms with van der Waals surface area (Å²) in [5, 5.41) is 23.6. The highest BCUT2D eigenvalue weighted by Crippen LogP contribution is 2.21. The van der Waals surface area contributed by atoms with E-state index in [1.54, 1.807) is 7.05 Å². The predicted molar refractivity (Wildman–Crippen MR) is 66.9 cm³/mol. The SMILES string of the molecule is CNCCCC(=O)Nc1ccc(O)cc1C(=O)O. The number of hydrogen-bond donors (Lipinski definition) is 4. The summed E-state index contributed by atoms with van der Waals surface area (Å²) in [7, 11) is 1.79. The van der Waals surface area contributed by atoms with Gasteiger partial charge in [0, 0.05) is 6.42 Å². The molecular formula is C12H16N2O4. The molecule has 4 N–H and O–H groups in total. The molecule has 0 aliphatic rings. The Balaban J connectivity index is 2.72. The number of anilines is 1. The second kappa shape index (κ2) is 6.61. The minimum absolute atomic E-state index is 0.128. The number of carbonyl (C=O) groups is 2. The number of aromatic carboxylic acids is 1. The molecule has 0 unspecified atom stereocenters. The first-order valence-electron chi connectivity index (χ1n) is 5.55. The van der Waals surface area contributed by atoms with Crippen LogP contribution < -0.4 is 10.6 Å². The molecule has 0 aliphatic carbocycles. The Morgan fingerprint density at radius 2 is 2.06 bits per heavy atom. The Morgan fingerprint density at radius 1 is 1.33 bits per heavy atom. The smallest absolute Gasteiger partial charge is 0.337 e. The number of nitrogens with one attached hydrogen (secondary N) is 2. The van der Waals surface area contributed by atoms with E-state index in [1.807, 2.05) is 0 Å². The summed E-state index contributed by atoms with van der Waals surface area (Å²) in [6.07, 6.45) is 0.976. The van der Waals surface area contributed by atoms with E-state index in [9.17, 15) is 14.7 Å². The molecule has 1 rings (SSSR count). The third-order valence-electron chi connectivity index (χ3n) is 2.34. The molecule has 1 amide bonds. The van der Waals surface area contributed by atoms with E-state index in [0.29, 0.717) is 12.8 Å². The van der Waals surface area contributed by atoms with Crippen LogP contribution in [0.25, 0.3) is 0 Å². The third-order valence-corrected chi connectivity index (χ3v) is 2.34. The quantitative estimate of drug-likeness (QED) is 0.447. The summed E-state index contributed by atoms with van der Waals surface area (Å²) < 4.78 is 0. The van der Waals surface area contributed by atoms with Gasteiger partial charge in [-0.25, -0.2) is 4.79 Å². The van der Waals surface area contributed by atoms with Gasteiger partial charge in [-0.1, -0.05) is 0 Å². The lowest BCUT2D eigenvalue weighted by atomic mass is 10.1. The van der Waals surface area contributed by atoms with Crippen molar-refractivity contribution < 1.29 is 19.8 Å². The van der Waals surface area contributed by atoms with Crippen molar-refractivity contribution in [2.45, 2.75) is 12.8 Å². The normalized spacial score (nSPS) is 10.1. The van der Waals surface area contributed by atoms with E-state index < -0.39 is 5.97 Å². The minimum atomic E-state index is -1.20. The topological polar surface area (TPSA) is 98.7 Å². The second-order valence-corrected chi connectivity index (χ2v) is 3.79. The largest absolute Gasteiger partial charge is 0.508 e. The van der Waals surface area contributed by atoms with Crippen molar-refractivity contribution in [1.29, 1.82) is 0 Å². The standard InChI is InChI=1S/C12H16N2O4/c1-13-6-2-3-11(16)14-10-5-4-8(15)7-9(10)12(17)18/h4-5,7,13,15H,2-3,6H2,1H3,(H,14,16)(H,17,18). The van der Waals surface area contributed by atoms with Gasteiger partial charge in [0.2, 0.25) is 5.91 Å². The van der Waals surface area contributed by atoms with Gasteiger partial charge in [-0.3, -0.25) is 4.79 Å². The number of carbonyl (C=O) groups excluding carboxylic acids is 1. The number of aromatic hydroxyl groups is 1. The Kier molecular flexibility index (Phi) is 5.13. The first kappa shape index (κ1) is 14.0. The Morgan fingerprint density at radius 3 is 2.67 bits per heavy atom. The van der Waals surface area contributed by atoms with Gasteiger partial charge < -0.3 is 20.8 Å². The van der Waals surface area contributed by atoms with Gasteiger partial charge in [0.1, 0.15) is 5.75 Å². The number of rotatable bonds is 6. The molecule has 0 heterocycles. The van der Waals surface area contributed by atoms with Crippen molar-refractivity contribution >= 4 is 17.6 Å². The average molecular weight is 252 g/mol. The summed E-state index contributed by atoms with van der Waals surface area (Å²) >= 11 is 0. The van der Waals surface area contributed by atoms with Gasteiger partial charge >= 0.3 is 5.97 Å². The van der Waals surface area contributed by atoms with Crippen LogP contribution in [0, 0.1) is 0 Å². The lowest BCUT2D eigenvalue weighted by Gasteiger charge is -2.08. The first-order chi connectivity index (χ1) is 8.54. The van der Waals surface area contributed by atoms with E-state index in [-0.39, 0.29) is 22.9 Å². The van der Waals surface area contributed by atoms with Crippen molar-refractivity contribution in [3.05, 3.63) is 23.8 Å². The van der Waals surface area contributed by atoms with Crippen LogP contribution in [0.1, 0.15) is 23.2 Å². The monoisotopic (exact) mass is 252 g/mol. The zero-order valence-corrected chi connectivity index (χ0v) is 10.1. The molecule has 0 saturated heterocycles. The zero-order valence-electron chi connectivity index (χ0n) is 10.1. The molecular weight excluding hydrogens is 236 g/mol. The van der Waals surface area contributed by atoms with Crippen molar-refractivity contribution in [3.63, 3.8) is 0 Å². The molecule has 0 radical (unpaired) electrons. The fourth-order valence-corrected chi connectivity index (χ4v) is 1.46. The highest BCUT2D eigenvalue weighted by molar-refractivity contribution is 6.00. The lowest BCUT2D eigenvalue weighted by Crippen LogP contribution is -2.16. The lowest BCUT2D eigenvalue weighted by molar-refractivity contribution is -0.116. The highest BCUT2D eigenvalue weighted by Gasteiger charge is 2.13. The van der Waals surface area contributed by atoms with E-state index in [1.165, 1.54) is 12.1 Å². The predicted octanol–water partition coefficient (Wildman–Crippen LogP) is 1.03. The summed E-state index contributed by atoms with van der Waals surface area (Å²) in [5.74, 6) is -1.60. The number of phenols is 1. The van der Waals surface area contributed by atoms with Gasteiger partial charge in [-0.15, -0.1) is 0 Å². The molecule has 0 spiro atoms. The molecule has 0 aromatic heterocycles. The van der Waals surface area contributed by atoms with E-state index in [2.05, 4.69) is 10.6 Å². The molecule has 0 fully saturated rings. The maximum Gasteiger partial charge on any atom is 0.337 e. The zero-order chi connectivity index (χ0) is 13.5. The van der Waals surface area contributed by atoms with Gasteiger partial charge in [0.25, 0.3) is 0 Å². The number of hydrogen-bond acceptors (Lipinski definition) is 4. The van der Waals surface area contributed by atoms with E-state index in [0.717, 1.165) is 12.6 Å². The summed E-state index contributed by atoms with van der Waals surface area (Å²) in [5.41, 5.74) is 0.0618. The Hall–Kier alpha value is -2.08. The van der Waals surface area contributed by atoms with Crippen LogP contribution >= 0.6 is 0 Å². The van der Waals surface area contributed by atoms with Crippen molar-refractivity contribution in [2.24, 2.45) is 0 Å². The van der Waals surface area contributed by atoms with Crippen LogP contribution in [-0.4, -0.2) is 35.7 Å². The van der Waals surface area contributed by atoms with Crippen molar-refractivity contribution in [3.8, 4) is 5.75 Å². The Labute approximate surface area is 105 Å². The number of benzene rings is 1. The summed E-state index contributed by atoms with van der Waals surface area (Å²) in [6.45, 7) is 0.717. The fourth-order valence-electron chi connectivity index (χ4n) is 1.46. The van der Waals surface area contributed by atoms with Crippen LogP contribution in [0.3, 0.4) is 0 Å². The number of carboxylic acid groups (broad SMARTS) is 1. The third kappa shape index (κ3) is 4.06. The molecule has 0 bridgehead atoms. The van der Waals surface area contributed by atoms with Crippen LogP contribution in [0.5, 0.6) is 5.75 Å². The average Bonchev–Trinajstić information content (AvgIpc) is 2.31. The number of phenolic OH excluding ortho intramolecular Hbond substituents is 1. The summed E-state index contributed by atoms with van der Waals surface area (Å²) in [6, 6.07) is 3.80. The summed E-state index contributed by atoms with van der Waals surface area (Å²) in [4.78, 5) is 22.5. The maximum absolute atomic E-state index is 11.6. The molecule has 6 nitrogen and oxygen atoms in total. The van der Waals surface area contributed by atoms with Crippen molar-refractivity contribution in [2.75, 3.05) is 18.9 Å². The van der Waals surface area contributed by atoms with Gasteiger partial charge in [-0.2, -0.15) is 0 Å². The molecule has 1 aromatic rings. The van der Waals surface area contributed by atoms with Gasteiger partial charge in [0.15, 0.2) is 0 Å². The molecule has 0 saturated carbocycles. The number of amides is 1. The van der Waals surface area contributed by atoms with E-state index in [4.69, 9.17) is 5.11 Å². The molecule has 0 atom stereocenters. The molecule has 1 aromatic carbocycles. The fraction of sp³-hybridized carbons (Fsp3) is 0.333. The number of carboxylic acids is 1. The van der Waals surface area contributed by atoms with Crippen molar-refractivity contribution in [1.82, 2.24) is 5.32 Å². The molecule has 18 heavy (non-hydrogen) atoms. The molecule has 6 heteroatoms. The highest BCUT2D eigenvalue weighted by atomic mass is 16.4. The van der Waals surface area contributed by atoms with Crippen LogP contribution in [0.4, 0.5) is 5.69 Å². The van der Waals surface area contributed by atoms with Crippen LogP contribution in [0.2, 0.25) is 0 Å². The minimum Gasteiger partial charge on any atom is -0.508 e. The molecule has 98 valence electrons. The Bertz CT molecular complexity index is 446. The van der Waals surface area contributed by atoms with Gasteiger partial charge in [0.05, 0.1) is 11.3 Å². The van der Waals surface area contributed by atoms with Crippen LogP contribution in [0.15, 0.2) is 18.2 Å².